The largest absolute Gasteiger partial charge is 0.482 e. The van der Waals surface area contributed by atoms with Crippen LogP contribution in [0.3, 0.4) is 0 Å². The molecular formula is C19H20ClNO4. The van der Waals surface area contributed by atoms with Gasteiger partial charge in [0.2, 0.25) is 0 Å². The fraction of sp³-hybridized carbons (Fsp3) is 0.263. The maximum atomic E-state index is 12.7. The summed E-state index contributed by atoms with van der Waals surface area (Å²) in [4.78, 5) is 24.9. The molecule has 1 unspecified atom stereocenters. The Kier molecular flexibility index (Phi) is 6.42. The van der Waals surface area contributed by atoms with Crippen molar-refractivity contribution in [3.63, 3.8) is 0 Å². The van der Waals surface area contributed by atoms with E-state index < -0.39 is 12.6 Å². The van der Waals surface area contributed by atoms with Gasteiger partial charge in [-0.2, -0.15) is 0 Å². The van der Waals surface area contributed by atoms with Crippen molar-refractivity contribution in [2.75, 3.05) is 13.7 Å². The highest BCUT2D eigenvalue weighted by Crippen LogP contribution is 2.17. The first-order valence-corrected chi connectivity index (χ1v) is 8.21. The van der Waals surface area contributed by atoms with Gasteiger partial charge in [-0.15, -0.1) is 0 Å². The number of ether oxygens (including phenoxy) is 1. The van der Waals surface area contributed by atoms with E-state index in [1.165, 1.54) is 0 Å². The van der Waals surface area contributed by atoms with Crippen LogP contribution in [0.4, 0.5) is 0 Å². The van der Waals surface area contributed by atoms with Gasteiger partial charge in [-0.3, -0.25) is 4.79 Å². The number of halogens is 1. The number of carbonyl (C=O) groups excluding carboxylic acids is 1. The molecule has 0 aliphatic heterocycles. The van der Waals surface area contributed by atoms with Crippen LogP contribution in [0.5, 0.6) is 5.75 Å². The van der Waals surface area contributed by atoms with Crippen molar-refractivity contribution in [3.05, 3.63) is 64.7 Å². The zero-order valence-electron chi connectivity index (χ0n) is 14.1. The second kappa shape index (κ2) is 8.53. The fourth-order valence-electron chi connectivity index (χ4n) is 2.37. The summed E-state index contributed by atoms with van der Waals surface area (Å²) in [6, 6.07) is 14.0. The molecular weight excluding hydrogens is 342 g/mol. The third kappa shape index (κ3) is 5.50. The van der Waals surface area contributed by atoms with E-state index in [-0.39, 0.29) is 11.9 Å². The van der Waals surface area contributed by atoms with Crippen molar-refractivity contribution in [2.45, 2.75) is 19.4 Å². The van der Waals surface area contributed by atoms with Gasteiger partial charge in [0.05, 0.1) is 0 Å². The van der Waals surface area contributed by atoms with E-state index in [4.69, 9.17) is 21.4 Å². The number of carboxylic acids is 1. The summed E-state index contributed by atoms with van der Waals surface area (Å²) in [6.07, 6.45) is 0.703. The molecule has 0 radical (unpaired) electrons. The molecule has 0 spiro atoms. The number of hydrogen-bond donors (Lipinski definition) is 1. The highest BCUT2D eigenvalue weighted by Gasteiger charge is 2.18. The van der Waals surface area contributed by atoms with Crippen LogP contribution >= 0.6 is 11.6 Å². The maximum Gasteiger partial charge on any atom is 0.341 e. The molecule has 2 aromatic rings. The monoisotopic (exact) mass is 361 g/mol. The van der Waals surface area contributed by atoms with Gasteiger partial charge in [-0.25, -0.2) is 4.79 Å². The van der Waals surface area contributed by atoms with Crippen molar-refractivity contribution in [1.29, 1.82) is 0 Å². The zero-order valence-corrected chi connectivity index (χ0v) is 14.9. The molecule has 0 aliphatic rings. The summed E-state index contributed by atoms with van der Waals surface area (Å²) in [5, 5.41) is 9.34. The van der Waals surface area contributed by atoms with E-state index >= 15 is 0 Å². The molecule has 2 aromatic carbocycles. The third-order valence-corrected chi connectivity index (χ3v) is 4.12. The number of likely N-dealkylation sites (N-methyl/N-ethyl adjacent to an activating group) is 1. The second-order valence-electron chi connectivity index (χ2n) is 5.81. The Balaban J connectivity index is 2.04. The quantitative estimate of drug-likeness (QED) is 0.819. The molecule has 0 saturated carbocycles. The average Bonchev–Trinajstić information content (AvgIpc) is 2.60. The second-order valence-corrected chi connectivity index (χ2v) is 6.24. The van der Waals surface area contributed by atoms with Crippen molar-refractivity contribution < 1.29 is 19.4 Å². The molecule has 0 heterocycles. The summed E-state index contributed by atoms with van der Waals surface area (Å²) in [7, 11) is 1.74. The summed E-state index contributed by atoms with van der Waals surface area (Å²) in [6.45, 7) is 1.53. The molecule has 5 nitrogen and oxygen atoms in total. The lowest BCUT2D eigenvalue weighted by Gasteiger charge is -2.25. The number of carbonyl (C=O) groups is 2. The highest BCUT2D eigenvalue weighted by atomic mass is 35.5. The van der Waals surface area contributed by atoms with Crippen LogP contribution in [0.15, 0.2) is 48.5 Å². The lowest BCUT2D eigenvalue weighted by atomic mass is 10.1. The number of amides is 1. The highest BCUT2D eigenvalue weighted by molar-refractivity contribution is 6.30. The molecule has 1 N–H and O–H groups in total. The summed E-state index contributed by atoms with van der Waals surface area (Å²) in [5.74, 6) is -0.861. The summed E-state index contributed by atoms with van der Waals surface area (Å²) >= 11 is 5.89. The molecule has 2 rings (SSSR count). The van der Waals surface area contributed by atoms with Crippen LogP contribution in [0.2, 0.25) is 5.02 Å². The van der Waals surface area contributed by atoms with Gasteiger partial charge in [-0.05, 0) is 49.2 Å². The Morgan fingerprint density at radius 3 is 2.52 bits per heavy atom. The number of carboxylic acid groups (broad SMARTS) is 1. The lowest BCUT2D eigenvalue weighted by molar-refractivity contribution is -0.139. The normalized spacial score (nSPS) is 11.6. The van der Waals surface area contributed by atoms with Gasteiger partial charge in [0, 0.05) is 23.7 Å². The Hall–Kier alpha value is -2.53. The first-order valence-electron chi connectivity index (χ1n) is 7.83. The smallest absolute Gasteiger partial charge is 0.341 e. The van der Waals surface area contributed by atoms with Crippen molar-refractivity contribution in [1.82, 2.24) is 4.90 Å². The van der Waals surface area contributed by atoms with Gasteiger partial charge in [0.1, 0.15) is 5.75 Å². The van der Waals surface area contributed by atoms with Crippen LogP contribution in [-0.2, 0) is 11.2 Å². The molecule has 0 aliphatic carbocycles. The van der Waals surface area contributed by atoms with E-state index in [1.54, 1.807) is 36.2 Å². The molecule has 0 bridgehead atoms. The van der Waals surface area contributed by atoms with E-state index in [9.17, 15) is 9.59 Å². The van der Waals surface area contributed by atoms with Crippen molar-refractivity contribution in [2.24, 2.45) is 0 Å². The van der Waals surface area contributed by atoms with Crippen LogP contribution in [0.1, 0.15) is 22.8 Å². The molecule has 1 atom stereocenters. The predicted molar refractivity (Wildman–Crippen MR) is 96.3 cm³/mol. The Morgan fingerprint density at radius 1 is 1.20 bits per heavy atom. The summed E-state index contributed by atoms with van der Waals surface area (Å²) < 4.78 is 5.12. The predicted octanol–water partition coefficient (Wildman–Crippen LogP) is 3.51. The summed E-state index contributed by atoms with van der Waals surface area (Å²) in [5.41, 5.74) is 1.54. The molecule has 132 valence electrons. The average molecular weight is 362 g/mol. The molecule has 0 saturated heterocycles. The van der Waals surface area contributed by atoms with Crippen LogP contribution in [0, 0.1) is 0 Å². The van der Waals surface area contributed by atoms with E-state index in [2.05, 4.69) is 0 Å². The number of rotatable bonds is 7. The molecule has 0 fully saturated rings. The number of nitrogens with zero attached hydrogens (tertiary/aromatic N) is 1. The maximum absolute atomic E-state index is 12.7. The number of aliphatic carboxylic acids is 1. The SMILES string of the molecule is CC(Cc1ccc(Cl)cc1)N(C)C(=O)c1cccc(OCC(=O)O)c1. The van der Waals surface area contributed by atoms with E-state index in [0.29, 0.717) is 22.8 Å². The topological polar surface area (TPSA) is 66.8 Å². The van der Waals surface area contributed by atoms with Crippen LogP contribution < -0.4 is 4.74 Å². The first kappa shape index (κ1) is 18.8. The fourth-order valence-corrected chi connectivity index (χ4v) is 2.49. The van der Waals surface area contributed by atoms with Gasteiger partial charge in [-0.1, -0.05) is 29.8 Å². The minimum absolute atomic E-state index is 0.0164. The molecule has 1 amide bonds. The van der Waals surface area contributed by atoms with E-state index in [1.807, 2.05) is 31.2 Å². The van der Waals surface area contributed by atoms with Crippen LogP contribution in [-0.4, -0.2) is 41.6 Å². The van der Waals surface area contributed by atoms with Gasteiger partial charge in [0.25, 0.3) is 5.91 Å². The molecule has 25 heavy (non-hydrogen) atoms. The Bertz CT molecular complexity index is 745. The van der Waals surface area contributed by atoms with Gasteiger partial charge < -0.3 is 14.7 Å². The minimum Gasteiger partial charge on any atom is -0.482 e. The van der Waals surface area contributed by atoms with Gasteiger partial charge >= 0.3 is 5.97 Å². The Labute approximate surface area is 151 Å². The zero-order chi connectivity index (χ0) is 18.4. The molecule has 6 heteroatoms. The Morgan fingerprint density at radius 2 is 1.88 bits per heavy atom. The number of hydrogen-bond acceptors (Lipinski definition) is 3. The minimum atomic E-state index is -1.06. The first-order chi connectivity index (χ1) is 11.9. The van der Waals surface area contributed by atoms with Crippen molar-refractivity contribution >= 4 is 23.5 Å². The third-order valence-electron chi connectivity index (χ3n) is 3.87. The molecule has 0 aromatic heterocycles. The number of benzene rings is 2. The van der Waals surface area contributed by atoms with Crippen molar-refractivity contribution in [3.8, 4) is 5.75 Å². The van der Waals surface area contributed by atoms with E-state index in [0.717, 1.165) is 5.56 Å². The lowest BCUT2D eigenvalue weighted by Crippen LogP contribution is -2.36. The van der Waals surface area contributed by atoms with Crippen LogP contribution in [0.25, 0.3) is 0 Å². The standard InChI is InChI=1S/C19H20ClNO4/c1-13(10-14-6-8-16(20)9-7-14)21(2)19(24)15-4-3-5-17(11-15)25-12-18(22)23/h3-9,11,13H,10,12H2,1-2H3,(H,22,23). The van der Waals surface area contributed by atoms with Gasteiger partial charge in [0.15, 0.2) is 6.61 Å².